The average molecular weight is 403 g/mol. The summed E-state index contributed by atoms with van der Waals surface area (Å²) in [6.45, 7) is 12.0. The maximum atomic E-state index is 15.3. The fourth-order valence-electron chi connectivity index (χ4n) is 8.08. The molecule has 164 valence electrons. The molecule has 0 aromatic rings. The number of rotatable bonds is 5. The third kappa shape index (κ3) is 3.56. The van der Waals surface area contributed by atoms with Gasteiger partial charge in [-0.2, -0.15) is 0 Å². The van der Waals surface area contributed by atoms with Gasteiger partial charge in [0.05, 0.1) is 6.10 Å². The molecule has 0 amide bonds. The van der Waals surface area contributed by atoms with Gasteiger partial charge in [0.1, 0.15) is 5.83 Å². The molecule has 0 saturated heterocycles. The van der Waals surface area contributed by atoms with Crippen molar-refractivity contribution in [2.24, 2.45) is 40.4 Å². The highest BCUT2D eigenvalue weighted by molar-refractivity contribution is 5.41. The minimum Gasteiger partial charge on any atom is -0.393 e. The molecule has 3 saturated carbocycles. The van der Waals surface area contributed by atoms with Gasteiger partial charge in [0.2, 0.25) is 0 Å². The van der Waals surface area contributed by atoms with Crippen LogP contribution in [0.1, 0.15) is 98.8 Å². The number of allylic oxidation sites excluding steroid dienone is 3. The van der Waals surface area contributed by atoms with Crippen molar-refractivity contribution in [2.75, 3.05) is 0 Å². The van der Waals surface area contributed by atoms with Gasteiger partial charge in [0, 0.05) is 0 Å². The van der Waals surface area contributed by atoms with E-state index in [2.05, 4.69) is 34.6 Å². The second-order valence-corrected chi connectivity index (χ2v) is 11.9. The van der Waals surface area contributed by atoms with Crippen molar-refractivity contribution >= 4 is 0 Å². The average Bonchev–Trinajstić information content (AvgIpc) is 3.00. The van der Waals surface area contributed by atoms with Gasteiger partial charge in [0.25, 0.3) is 0 Å². The highest BCUT2D eigenvalue weighted by Gasteiger charge is 2.57. The van der Waals surface area contributed by atoms with Crippen LogP contribution in [0.5, 0.6) is 0 Å². The normalized spacial score (nSPS) is 43.0. The van der Waals surface area contributed by atoms with Crippen molar-refractivity contribution in [3.63, 3.8) is 0 Å². The molecule has 4 aliphatic rings. The highest BCUT2D eigenvalue weighted by Crippen LogP contribution is 2.66. The van der Waals surface area contributed by atoms with Crippen molar-refractivity contribution in [2.45, 2.75) is 105 Å². The topological polar surface area (TPSA) is 20.2 Å². The van der Waals surface area contributed by atoms with Gasteiger partial charge in [-0.05, 0) is 97.0 Å². The fourth-order valence-corrected chi connectivity index (χ4v) is 8.08. The van der Waals surface area contributed by atoms with E-state index in [-0.39, 0.29) is 17.3 Å². The summed E-state index contributed by atoms with van der Waals surface area (Å²) in [5, 5.41) is 10.1. The Labute approximate surface area is 178 Å². The minimum atomic E-state index is -0.352. The summed E-state index contributed by atoms with van der Waals surface area (Å²) in [5.74, 6) is 3.43. The zero-order valence-electron chi connectivity index (χ0n) is 19.4. The van der Waals surface area contributed by atoms with Gasteiger partial charge >= 0.3 is 0 Å². The van der Waals surface area contributed by atoms with E-state index in [0.717, 1.165) is 36.2 Å². The van der Waals surface area contributed by atoms with Crippen LogP contribution in [0, 0.1) is 40.4 Å². The summed E-state index contributed by atoms with van der Waals surface area (Å²) in [6.07, 6.45) is 13.0. The fraction of sp³-hybridized carbons (Fsp3) is 0.852. The summed E-state index contributed by atoms with van der Waals surface area (Å²) >= 11 is 0. The van der Waals surface area contributed by atoms with Gasteiger partial charge in [-0.25, -0.2) is 4.39 Å². The van der Waals surface area contributed by atoms with Crippen molar-refractivity contribution < 1.29 is 9.50 Å². The summed E-state index contributed by atoms with van der Waals surface area (Å²) < 4.78 is 15.3. The Morgan fingerprint density at radius 3 is 2.52 bits per heavy atom. The molecule has 29 heavy (non-hydrogen) atoms. The Morgan fingerprint density at radius 1 is 1.03 bits per heavy atom. The van der Waals surface area contributed by atoms with Crippen LogP contribution in [0.2, 0.25) is 0 Å². The zero-order valence-corrected chi connectivity index (χ0v) is 19.4. The molecule has 0 radical (unpaired) electrons. The first-order chi connectivity index (χ1) is 13.7. The summed E-state index contributed by atoms with van der Waals surface area (Å²) in [6, 6.07) is 0. The van der Waals surface area contributed by atoms with Gasteiger partial charge in [-0.15, -0.1) is 0 Å². The Kier molecular flexibility index (Phi) is 5.82. The Hall–Kier alpha value is -0.630. The van der Waals surface area contributed by atoms with E-state index < -0.39 is 0 Å². The van der Waals surface area contributed by atoms with Crippen LogP contribution in [-0.2, 0) is 0 Å². The number of hydrogen-bond donors (Lipinski definition) is 1. The number of hydrogen-bond acceptors (Lipinski definition) is 1. The maximum absolute atomic E-state index is 15.3. The maximum Gasteiger partial charge on any atom is 0.123 e. The second-order valence-electron chi connectivity index (χ2n) is 11.9. The van der Waals surface area contributed by atoms with Gasteiger partial charge in [-0.3, -0.25) is 0 Å². The van der Waals surface area contributed by atoms with Crippen molar-refractivity contribution in [3.8, 4) is 0 Å². The molecule has 2 heteroatoms. The molecule has 0 aromatic heterocycles. The number of aliphatic hydroxyl groups is 1. The van der Waals surface area contributed by atoms with E-state index in [4.69, 9.17) is 0 Å². The number of aliphatic hydroxyl groups excluding tert-OH is 1. The lowest BCUT2D eigenvalue weighted by Gasteiger charge is -2.55. The monoisotopic (exact) mass is 402 g/mol. The van der Waals surface area contributed by atoms with E-state index >= 15 is 4.39 Å². The van der Waals surface area contributed by atoms with Gasteiger partial charge < -0.3 is 5.11 Å². The molecular formula is C27H43FO. The molecule has 0 heterocycles. The highest BCUT2D eigenvalue weighted by atomic mass is 19.1. The summed E-state index contributed by atoms with van der Waals surface area (Å²) in [5.41, 5.74) is 2.65. The third-order valence-corrected chi connectivity index (χ3v) is 9.79. The summed E-state index contributed by atoms with van der Waals surface area (Å²) in [4.78, 5) is 0. The lowest BCUT2D eigenvalue weighted by molar-refractivity contribution is 0.0298. The minimum absolute atomic E-state index is 0.00446. The molecule has 1 N–H and O–H groups in total. The second kappa shape index (κ2) is 7.81. The molecule has 4 aliphatic carbocycles. The molecule has 4 rings (SSSR count). The first-order valence-electron chi connectivity index (χ1n) is 12.5. The number of fused-ring (bicyclic) bond motifs is 5. The van der Waals surface area contributed by atoms with Crippen LogP contribution in [0.15, 0.2) is 23.0 Å². The SMILES string of the molecule is CC(C)CCC[C@@H](C)[C@H]1CC[C@H]2C3=CC(F)=C4C[C@@H](O)CC[C@]4(C)[C@H]3CC[C@]12C. The molecular weight excluding hydrogens is 359 g/mol. The van der Waals surface area contributed by atoms with Gasteiger partial charge in [-0.1, -0.05) is 59.5 Å². The van der Waals surface area contributed by atoms with E-state index in [1.165, 1.54) is 50.5 Å². The molecule has 1 nitrogen and oxygen atoms in total. The van der Waals surface area contributed by atoms with E-state index in [1.54, 1.807) is 0 Å². The molecule has 0 bridgehead atoms. The van der Waals surface area contributed by atoms with Crippen molar-refractivity contribution in [3.05, 3.63) is 23.0 Å². The molecule has 3 fully saturated rings. The number of halogens is 1. The predicted octanol–water partition coefficient (Wildman–Crippen LogP) is 7.61. The molecule has 0 unspecified atom stereocenters. The van der Waals surface area contributed by atoms with Gasteiger partial charge in [0.15, 0.2) is 0 Å². The smallest absolute Gasteiger partial charge is 0.123 e. The standard InChI is InChI=1S/C27H43FO/c1-17(2)7-6-8-18(3)21-9-10-22-20-16-25(28)24-15-19(29)11-13-27(24,5)23(20)12-14-26(21,22)4/h16-19,21-23,29H,6-15H2,1-5H3/t18-,19+,21-,22+,23+,26-,27-/m1/s1. The van der Waals surface area contributed by atoms with Crippen LogP contribution >= 0.6 is 0 Å². The largest absolute Gasteiger partial charge is 0.393 e. The predicted molar refractivity (Wildman–Crippen MR) is 119 cm³/mol. The molecule has 0 aliphatic heterocycles. The first-order valence-corrected chi connectivity index (χ1v) is 12.5. The Balaban J connectivity index is 1.57. The first kappa shape index (κ1) is 21.6. The quantitative estimate of drug-likeness (QED) is 0.502. The van der Waals surface area contributed by atoms with Crippen LogP contribution < -0.4 is 0 Å². The van der Waals surface area contributed by atoms with Crippen molar-refractivity contribution in [1.29, 1.82) is 0 Å². The van der Waals surface area contributed by atoms with E-state index in [0.29, 0.717) is 23.7 Å². The molecule has 0 aromatic carbocycles. The zero-order chi connectivity index (χ0) is 21.0. The van der Waals surface area contributed by atoms with Crippen LogP contribution in [0.25, 0.3) is 0 Å². The van der Waals surface area contributed by atoms with Crippen molar-refractivity contribution in [1.82, 2.24) is 0 Å². The summed E-state index contributed by atoms with van der Waals surface area (Å²) in [7, 11) is 0. The Bertz CT molecular complexity index is 691. The third-order valence-electron chi connectivity index (χ3n) is 9.79. The Morgan fingerprint density at radius 2 is 1.79 bits per heavy atom. The molecule has 0 spiro atoms. The molecule has 7 atom stereocenters. The lowest BCUT2D eigenvalue weighted by atomic mass is 9.50. The van der Waals surface area contributed by atoms with Crippen LogP contribution in [-0.4, -0.2) is 11.2 Å². The van der Waals surface area contributed by atoms with Crippen LogP contribution in [0.4, 0.5) is 4.39 Å². The lowest BCUT2D eigenvalue weighted by Crippen LogP contribution is -2.47. The van der Waals surface area contributed by atoms with E-state index in [1.807, 2.05) is 6.08 Å². The van der Waals surface area contributed by atoms with Crippen LogP contribution in [0.3, 0.4) is 0 Å². The van der Waals surface area contributed by atoms with E-state index in [9.17, 15) is 5.11 Å².